The molecule has 436 valence electrons. The Bertz CT molecular complexity index is 1440. The Morgan fingerprint density at radius 3 is 1.28 bits per heavy atom. The highest BCUT2D eigenvalue weighted by atomic mass is 32.3. The van der Waals surface area contributed by atoms with Crippen LogP contribution >= 0.6 is 0 Å². The van der Waals surface area contributed by atoms with Crippen molar-refractivity contribution in [2.45, 2.75) is 333 Å². The summed E-state index contributed by atoms with van der Waals surface area (Å²) in [6.07, 6.45) is 56.2. The van der Waals surface area contributed by atoms with Gasteiger partial charge in [-0.2, -0.15) is 8.42 Å². The van der Waals surface area contributed by atoms with Crippen LogP contribution in [0.1, 0.15) is 290 Å². The summed E-state index contributed by atoms with van der Waals surface area (Å²) < 4.78 is 47.9. The number of allylic oxidation sites excluding steroid dienone is 5. The second-order valence-electron chi connectivity index (χ2n) is 21.6. The largest absolute Gasteiger partial charge is 0.397 e. The Morgan fingerprint density at radius 2 is 0.905 bits per heavy atom. The van der Waals surface area contributed by atoms with Gasteiger partial charge in [0.05, 0.1) is 25.4 Å². The molecule has 7 atom stereocenters. The molecule has 0 aromatic rings. The summed E-state index contributed by atoms with van der Waals surface area (Å²) in [5.74, 6) is -0.261. The fourth-order valence-corrected chi connectivity index (χ4v) is 10.4. The molecule has 0 aromatic carbocycles. The quantitative estimate of drug-likeness (QED) is 0.0193. The molecule has 0 radical (unpaired) electrons. The molecule has 1 saturated heterocycles. The molecule has 1 aliphatic rings. The van der Waals surface area contributed by atoms with Crippen LogP contribution < -0.4 is 5.32 Å². The zero-order valence-corrected chi connectivity index (χ0v) is 48.2. The lowest BCUT2D eigenvalue weighted by Gasteiger charge is -2.41. The number of aliphatic hydroxyl groups is 4. The number of unbranched alkanes of at least 4 members (excludes halogenated alkanes) is 38. The number of carbonyl (C=O) groups excluding carboxylic acids is 1. The molecule has 6 N–H and O–H groups in total. The highest BCUT2D eigenvalue weighted by Crippen LogP contribution is 2.26. The minimum absolute atomic E-state index is 0.261. The number of amides is 1. The number of hydrogen-bond acceptors (Lipinski definition) is 10. The van der Waals surface area contributed by atoms with Crippen molar-refractivity contribution < 1.29 is 51.8 Å². The van der Waals surface area contributed by atoms with Gasteiger partial charge in [-0.1, -0.05) is 269 Å². The molecule has 0 spiro atoms. The normalized spacial score (nSPS) is 19.4. The average Bonchev–Trinajstić information content (AvgIpc) is 3.38. The van der Waals surface area contributed by atoms with Crippen molar-refractivity contribution in [3.8, 4) is 0 Å². The lowest BCUT2D eigenvalue weighted by Crippen LogP contribution is -2.61. The molecule has 0 bridgehead atoms. The third-order valence-electron chi connectivity index (χ3n) is 14.7. The van der Waals surface area contributed by atoms with E-state index >= 15 is 0 Å². The third kappa shape index (κ3) is 42.4. The summed E-state index contributed by atoms with van der Waals surface area (Å²) in [5.41, 5.74) is 0. The van der Waals surface area contributed by atoms with Gasteiger partial charge in [0, 0.05) is 6.42 Å². The first-order valence-corrected chi connectivity index (χ1v) is 32.2. The van der Waals surface area contributed by atoms with Crippen LogP contribution in [-0.4, -0.2) is 95.4 Å². The first kappa shape index (κ1) is 70.3. The van der Waals surface area contributed by atoms with Gasteiger partial charge < -0.3 is 35.2 Å². The Hall–Kier alpha value is -1.68. The molecular weight excluding hydrogens is 955 g/mol. The summed E-state index contributed by atoms with van der Waals surface area (Å²) in [4.78, 5) is 13.2. The van der Waals surface area contributed by atoms with E-state index in [1.807, 2.05) is 6.08 Å². The standard InChI is InChI=1S/C61H115NO11S/c1-3-5-7-9-11-13-15-17-19-21-23-25-26-27-28-29-30-31-33-35-37-39-41-43-45-47-49-51-57(65)62-54(53-71-61-59(67)60(73-74(68,69)70)58(66)56(52-63)72-61)55(64)50-48-46-44-42-40-38-36-34-32-24-22-20-18-16-14-12-10-8-6-4-2/h23,25,27-28,48,50,54-56,58-61,63-64,66-67H,3-22,24,26,29-47,49,51-53H2,1-2H3,(H,62,65)(H,68,69,70)/b25-23-,28-27-,50-48+. The van der Waals surface area contributed by atoms with Crippen LogP contribution in [0.3, 0.4) is 0 Å². The van der Waals surface area contributed by atoms with Crippen molar-refractivity contribution in [3.05, 3.63) is 36.5 Å². The number of aliphatic hydroxyl groups excluding tert-OH is 4. The zero-order chi connectivity index (χ0) is 54.0. The van der Waals surface area contributed by atoms with E-state index in [-0.39, 0.29) is 18.9 Å². The van der Waals surface area contributed by atoms with Gasteiger partial charge in [-0.15, -0.1) is 0 Å². The van der Waals surface area contributed by atoms with Gasteiger partial charge in [0.1, 0.15) is 24.4 Å². The van der Waals surface area contributed by atoms with Gasteiger partial charge in [-0.05, 0) is 51.4 Å². The second-order valence-corrected chi connectivity index (χ2v) is 22.7. The summed E-state index contributed by atoms with van der Waals surface area (Å²) in [6, 6.07) is -0.946. The van der Waals surface area contributed by atoms with Crippen molar-refractivity contribution in [1.82, 2.24) is 5.32 Å². The van der Waals surface area contributed by atoms with Crippen molar-refractivity contribution in [3.63, 3.8) is 0 Å². The molecule has 0 aliphatic carbocycles. The number of rotatable bonds is 54. The molecular formula is C61H115NO11S. The summed E-state index contributed by atoms with van der Waals surface area (Å²) in [7, 11) is -5.09. The van der Waals surface area contributed by atoms with E-state index in [0.717, 1.165) is 44.9 Å². The van der Waals surface area contributed by atoms with E-state index in [0.29, 0.717) is 6.42 Å². The molecule has 13 heteroatoms. The van der Waals surface area contributed by atoms with Crippen LogP contribution in [0, 0.1) is 0 Å². The zero-order valence-electron chi connectivity index (χ0n) is 47.4. The maximum Gasteiger partial charge on any atom is 0.397 e. The minimum atomic E-state index is -5.09. The van der Waals surface area contributed by atoms with Crippen molar-refractivity contribution in [1.29, 1.82) is 0 Å². The van der Waals surface area contributed by atoms with Gasteiger partial charge in [0.2, 0.25) is 5.91 Å². The van der Waals surface area contributed by atoms with Crippen LogP contribution in [0.15, 0.2) is 36.5 Å². The van der Waals surface area contributed by atoms with E-state index in [1.54, 1.807) is 6.08 Å². The average molecular weight is 1070 g/mol. The van der Waals surface area contributed by atoms with Gasteiger partial charge in [-0.25, -0.2) is 4.18 Å². The third-order valence-corrected chi connectivity index (χ3v) is 15.1. The van der Waals surface area contributed by atoms with E-state index in [4.69, 9.17) is 9.47 Å². The Morgan fingerprint density at radius 1 is 0.541 bits per heavy atom. The predicted molar refractivity (Wildman–Crippen MR) is 305 cm³/mol. The Balaban J connectivity index is 2.33. The molecule has 7 unspecified atom stereocenters. The van der Waals surface area contributed by atoms with Crippen LogP contribution in [-0.2, 0) is 28.9 Å². The fourth-order valence-electron chi connectivity index (χ4n) is 9.90. The number of nitrogens with one attached hydrogen (secondary N) is 1. The van der Waals surface area contributed by atoms with Crippen LogP contribution in [0.5, 0.6) is 0 Å². The topological polar surface area (TPSA) is 192 Å². The van der Waals surface area contributed by atoms with Gasteiger partial charge in [0.15, 0.2) is 6.29 Å². The van der Waals surface area contributed by atoms with E-state index in [2.05, 4.69) is 47.7 Å². The first-order chi connectivity index (χ1) is 36.0. The van der Waals surface area contributed by atoms with Crippen molar-refractivity contribution >= 4 is 16.3 Å². The van der Waals surface area contributed by atoms with Gasteiger partial charge >= 0.3 is 10.4 Å². The number of carbonyl (C=O) groups is 1. The first-order valence-electron chi connectivity index (χ1n) is 30.9. The van der Waals surface area contributed by atoms with E-state index in [1.165, 1.54) is 218 Å². The molecule has 74 heavy (non-hydrogen) atoms. The number of hydrogen-bond donors (Lipinski definition) is 6. The predicted octanol–water partition coefficient (Wildman–Crippen LogP) is 15.0. The highest BCUT2D eigenvalue weighted by Gasteiger charge is 2.48. The maximum atomic E-state index is 13.2. The lowest BCUT2D eigenvalue weighted by atomic mass is 9.99. The smallest absolute Gasteiger partial charge is 0.394 e. The van der Waals surface area contributed by atoms with Crippen molar-refractivity contribution in [2.24, 2.45) is 0 Å². The molecule has 1 amide bonds. The summed E-state index contributed by atoms with van der Waals surface area (Å²) >= 11 is 0. The second kappa shape index (κ2) is 50.8. The monoisotopic (exact) mass is 1070 g/mol. The summed E-state index contributed by atoms with van der Waals surface area (Å²) in [5, 5.41) is 45.0. The maximum absolute atomic E-state index is 13.2. The summed E-state index contributed by atoms with van der Waals surface area (Å²) in [6.45, 7) is 3.43. The van der Waals surface area contributed by atoms with Crippen molar-refractivity contribution in [2.75, 3.05) is 13.2 Å². The highest BCUT2D eigenvalue weighted by molar-refractivity contribution is 7.80. The van der Waals surface area contributed by atoms with E-state index in [9.17, 15) is 38.2 Å². The van der Waals surface area contributed by atoms with Gasteiger partial charge in [0.25, 0.3) is 0 Å². The SMILES string of the molecule is CCCCCCCCCCC/C=C\C/C=C\CCCCCCCCCCCCCC(=O)NC(COC1OC(CO)C(O)C(OS(=O)(=O)O)C1O)C(O)/C=C/CCCCCCCCCCCCCCCCCCCC. The minimum Gasteiger partial charge on any atom is -0.394 e. The fraction of sp³-hybridized carbons (Fsp3) is 0.885. The van der Waals surface area contributed by atoms with Crippen LogP contribution in [0.4, 0.5) is 0 Å². The van der Waals surface area contributed by atoms with E-state index < -0.39 is 59.9 Å². The molecule has 1 heterocycles. The Labute approximate surface area is 454 Å². The van der Waals surface area contributed by atoms with Crippen LogP contribution in [0.2, 0.25) is 0 Å². The molecule has 1 aliphatic heterocycles. The molecule has 1 rings (SSSR count). The van der Waals surface area contributed by atoms with Crippen LogP contribution in [0.25, 0.3) is 0 Å². The molecule has 0 aromatic heterocycles. The number of ether oxygens (including phenoxy) is 2. The molecule has 1 fully saturated rings. The Kier molecular flexibility index (Phi) is 48.3. The van der Waals surface area contributed by atoms with Gasteiger partial charge in [-0.3, -0.25) is 9.35 Å². The lowest BCUT2D eigenvalue weighted by molar-refractivity contribution is -0.298. The molecule has 12 nitrogen and oxygen atoms in total. The molecule has 0 saturated carbocycles.